The Bertz CT molecular complexity index is 620. The maximum absolute atomic E-state index is 4.29. The van der Waals surface area contributed by atoms with E-state index in [0.717, 1.165) is 6.42 Å². The van der Waals surface area contributed by atoms with Crippen molar-refractivity contribution in [3.8, 4) is 0 Å². The molecule has 1 aromatic heterocycles. The Morgan fingerprint density at radius 1 is 0.783 bits per heavy atom. The zero-order valence-electron chi connectivity index (χ0n) is 13.5. The molecule has 0 aliphatic heterocycles. The van der Waals surface area contributed by atoms with E-state index in [1.165, 1.54) is 42.5 Å². The minimum Gasteiger partial charge on any atom is -0.351 e. The highest BCUT2D eigenvalue weighted by atomic mass is 14.9. The predicted molar refractivity (Wildman–Crippen MR) is 95.5 cm³/mol. The van der Waals surface area contributed by atoms with Crippen molar-refractivity contribution in [2.45, 2.75) is 38.0 Å². The summed E-state index contributed by atoms with van der Waals surface area (Å²) in [7, 11) is 0. The second-order valence-corrected chi connectivity index (χ2v) is 6.03. The fourth-order valence-electron chi connectivity index (χ4n) is 3.16. The topological polar surface area (TPSA) is 28.7 Å². The number of H-pyrrole nitrogens is 1. The maximum atomic E-state index is 4.29. The summed E-state index contributed by atoms with van der Waals surface area (Å²) in [5, 5.41) is 0. The van der Waals surface area contributed by atoms with E-state index >= 15 is 0 Å². The lowest BCUT2D eigenvalue weighted by atomic mass is 9.87. The Labute approximate surface area is 138 Å². The SMILES string of the molecule is c1ccc(C(CCCCCc2c[nH]cn2)c2ccccc2)cc1. The molecule has 0 fully saturated rings. The summed E-state index contributed by atoms with van der Waals surface area (Å²) in [5.41, 5.74) is 4.02. The molecular formula is C21H24N2. The zero-order valence-corrected chi connectivity index (χ0v) is 13.5. The first-order valence-electron chi connectivity index (χ1n) is 8.51. The number of imidazole rings is 1. The first-order chi connectivity index (χ1) is 11.4. The van der Waals surface area contributed by atoms with Crippen molar-refractivity contribution in [3.05, 3.63) is 90.0 Å². The molecular weight excluding hydrogens is 280 g/mol. The summed E-state index contributed by atoms with van der Waals surface area (Å²) >= 11 is 0. The molecule has 0 unspecified atom stereocenters. The van der Waals surface area contributed by atoms with Gasteiger partial charge in [0.2, 0.25) is 0 Å². The summed E-state index contributed by atoms with van der Waals surface area (Å²) < 4.78 is 0. The van der Waals surface area contributed by atoms with Crippen LogP contribution in [0.4, 0.5) is 0 Å². The molecule has 0 aliphatic rings. The summed E-state index contributed by atoms with van der Waals surface area (Å²) in [4.78, 5) is 7.31. The van der Waals surface area contributed by atoms with E-state index in [1.807, 2.05) is 6.20 Å². The van der Waals surface area contributed by atoms with Crippen LogP contribution in [0.1, 0.15) is 48.4 Å². The molecule has 23 heavy (non-hydrogen) atoms. The molecule has 0 aliphatic carbocycles. The largest absolute Gasteiger partial charge is 0.351 e. The molecule has 1 N–H and O–H groups in total. The number of aryl methyl sites for hydroxylation is 1. The lowest BCUT2D eigenvalue weighted by Crippen LogP contribution is -2.01. The monoisotopic (exact) mass is 304 g/mol. The van der Waals surface area contributed by atoms with Crippen molar-refractivity contribution in [1.29, 1.82) is 0 Å². The number of nitrogens with one attached hydrogen (secondary N) is 1. The minimum absolute atomic E-state index is 0.503. The second kappa shape index (κ2) is 8.33. The van der Waals surface area contributed by atoms with E-state index in [1.54, 1.807) is 6.33 Å². The smallest absolute Gasteiger partial charge is 0.0923 e. The number of nitrogens with zero attached hydrogens (tertiary/aromatic N) is 1. The first-order valence-corrected chi connectivity index (χ1v) is 8.51. The lowest BCUT2D eigenvalue weighted by molar-refractivity contribution is 0.599. The van der Waals surface area contributed by atoms with E-state index in [2.05, 4.69) is 70.6 Å². The molecule has 2 nitrogen and oxygen atoms in total. The number of aromatic nitrogens is 2. The number of rotatable bonds is 8. The van der Waals surface area contributed by atoms with E-state index in [-0.39, 0.29) is 0 Å². The van der Waals surface area contributed by atoms with Gasteiger partial charge in [0.1, 0.15) is 0 Å². The highest BCUT2D eigenvalue weighted by Gasteiger charge is 2.13. The average Bonchev–Trinajstić information content (AvgIpc) is 3.13. The van der Waals surface area contributed by atoms with Gasteiger partial charge in [-0.3, -0.25) is 0 Å². The summed E-state index contributed by atoms with van der Waals surface area (Å²) in [6.07, 6.45) is 9.75. The van der Waals surface area contributed by atoms with Crippen molar-refractivity contribution < 1.29 is 0 Å². The van der Waals surface area contributed by atoms with Gasteiger partial charge in [-0.15, -0.1) is 0 Å². The van der Waals surface area contributed by atoms with E-state index < -0.39 is 0 Å². The van der Waals surface area contributed by atoms with Crippen molar-refractivity contribution in [3.63, 3.8) is 0 Å². The fourth-order valence-corrected chi connectivity index (χ4v) is 3.16. The van der Waals surface area contributed by atoms with Crippen LogP contribution < -0.4 is 0 Å². The average molecular weight is 304 g/mol. The van der Waals surface area contributed by atoms with Crippen LogP contribution in [-0.4, -0.2) is 9.97 Å². The van der Waals surface area contributed by atoms with Crippen LogP contribution in [0.15, 0.2) is 73.2 Å². The third kappa shape index (κ3) is 4.56. The maximum Gasteiger partial charge on any atom is 0.0923 e. The summed E-state index contributed by atoms with van der Waals surface area (Å²) in [6.45, 7) is 0. The van der Waals surface area contributed by atoms with Crippen molar-refractivity contribution >= 4 is 0 Å². The van der Waals surface area contributed by atoms with Gasteiger partial charge >= 0.3 is 0 Å². The third-order valence-electron chi connectivity index (χ3n) is 4.38. The number of hydrogen-bond acceptors (Lipinski definition) is 1. The van der Waals surface area contributed by atoms with Crippen molar-refractivity contribution in [1.82, 2.24) is 9.97 Å². The van der Waals surface area contributed by atoms with Crippen molar-refractivity contribution in [2.24, 2.45) is 0 Å². The lowest BCUT2D eigenvalue weighted by Gasteiger charge is -2.18. The second-order valence-electron chi connectivity index (χ2n) is 6.03. The number of aromatic amines is 1. The van der Waals surface area contributed by atoms with Crippen LogP contribution in [0.3, 0.4) is 0 Å². The molecule has 2 heteroatoms. The molecule has 3 rings (SSSR count). The predicted octanol–water partition coefficient (Wildman–Crippen LogP) is 5.34. The van der Waals surface area contributed by atoms with Gasteiger partial charge < -0.3 is 4.98 Å². The highest BCUT2D eigenvalue weighted by molar-refractivity contribution is 5.32. The van der Waals surface area contributed by atoms with E-state index in [4.69, 9.17) is 0 Å². The Balaban J connectivity index is 1.56. The Hall–Kier alpha value is -2.35. The van der Waals surface area contributed by atoms with Crippen LogP contribution in [0.5, 0.6) is 0 Å². The van der Waals surface area contributed by atoms with Gasteiger partial charge in [-0.2, -0.15) is 0 Å². The molecule has 0 amide bonds. The minimum atomic E-state index is 0.503. The molecule has 0 spiro atoms. The quantitative estimate of drug-likeness (QED) is 0.559. The normalized spacial score (nSPS) is 11.0. The van der Waals surface area contributed by atoms with Crippen molar-refractivity contribution in [2.75, 3.05) is 0 Å². The molecule has 2 aromatic carbocycles. The molecule has 118 valence electrons. The van der Waals surface area contributed by atoms with Gasteiger partial charge in [0.05, 0.1) is 12.0 Å². The number of hydrogen-bond donors (Lipinski definition) is 1. The Morgan fingerprint density at radius 3 is 2.00 bits per heavy atom. The van der Waals surface area contributed by atoms with Crippen LogP contribution in [0, 0.1) is 0 Å². The van der Waals surface area contributed by atoms with E-state index in [0.29, 0.717) is 5.92 Å². The van der Waals surface area contributed by atoms with Crippen LogP contribution in [-0.2, 0) is 6.42 Å². The first kappa shape index (κ1) is 15.5. The number of benzene rings is 2. The zero-order chi connectivity index (χ0) is 15.7. The molecule has 1 heterocycles. The highest BCUT2D eigenvalue weighted by Crippen LogP contribution is 2.29. The van der Waals surface area contributed by atoms with Gasteiger partial charge in [0.25, 0.3) is 0 Å². The Kier molecular flexibility index (Phi) is 5.63. The van der Waals surface area contributed by atoms with Gasteiger partial charge in [0.15, 0.2) is 0 Å². The standard InChI is InChI=1S/C21H24N2/c1-4-10-18(11-5-1)21(19-12-6-2-7-13-19)15-9-3-8-14-20-16-22-17-23-20/h1-2,4-7,10-13,16-17,21H,3,8-9,14-15H2,(H,22,23). The van der Waals surface area contributed by atoms with Crippen LogP contribution in [0.25, 0.3) is 0 Å². The van der Waals surface area contributed by atoms with Gasteiger partial charge in [-0.1, -0.05) is 73.5 Å². The van der Waals surface area contributed by atoms with E-state index in [9.17, 15) is 0 Å². The van der Waals surface area contributed by atoms with Gasteiger partial charge in [-0.25, -0.2) is 4.98 Å². The van der Waals surface area contributed by atoms with Gasteiger partial charge in [-0.05, 0) is 30.4 Å². The third-order valence-corrected chi connectivity index (χ3v) is 4.38. The molecule has 0 saturated carbocycles. The molecule has 0 radical (unpaired) electrons. The molecule has 0 bridgehead atoms. The Morgan fingerprint density at radius 2 is 1.43 bits per heavy atom. The molecule has 0 atom stereocenters. The summed E-state index contributed by atoms with van der Waals surface area (Å²) in [5.74, 6) is 0.503. The molecule has 3 aromatic rings. The van der Waals surface area contributed by atoms with Gasteiger partial charge in [0, 0.05) is 12.1 Å². The van der Waals surface area contributed by atoms with Crippen LogP contribution in [0.2, 0.25) is 0 Å². The fraction of sp³-hybridized carbons (Fsp3) is 0.286. The molecule has 0 saturated heterocycles. The number of unbranched alkanes of at least 4 members (excludes halogenated alkanes) is 2. The summed E-state index contributed by atoms with van der Waals surface area (Å²) in [6, 6.07) is 21.8. The van der Waals surface area contributed by atoms with Crippen LogP contribution >= 0.6 is 0 Å².